The van der Waals surface area contributed by atoms with Crippen LogP contribution in [0.1, 0.15) is 5.56 Å². The molecule has 0 bridgehead atoms. The summed E-state index contributed by atoms with van der Waals surface area (Å²) in [7, 11) is 0. The van der Waals surface area contributed by atoms with Crippen molar-refractivity contribution in [1.29, 1.82) is 0 Å². The molecule has 0 N–H and O–H groups in total. The van der Waals surface area contributed by atoms with Gasteiger partial charge in [-0.05, 0) is 0 Å². The van der Waals surface area contributed by atoms with Crippen molar-refractivity contribution < 1.29 is 32.0 Å². The van der Waals surface area contributed by atoms with Crippen molar-refractivity contribution in [1.82, 2.24) is 0 Å². The normalized spacial score (nSPS) is 10.6. The Labute approximate surface area is 85.7 Å². The van der Waals surface area contributed by atoms with Crippen LogP contribution in [0.25, 0.3) is 0 Å². The zero-order valence-corrected chi connectivity index (χ0v) is 7.17. The monoisotopic (exact) mass is 184 g/mol. The quantitative estimate of drug-likeness (QED) is 0.391. The molecular weight excluding hydrogens is 180 g/mol. The predicted octanol–water partition coefficient (Wildman–Crippen LogP) is -0.385. The zero-order valence-electron chi connectivity index (χ0n) is 6.35. The first-order chi connectivity index (χ1) is 5.02. The second-order valence-corrected chi connectivity index (χ2v) is 2.43. The largest absolute Gasteiger partial charge is 1.00 e. The molecule has 0 amide bonds. The Morgan fingerprint density at radius 1 is 1.08 bits per heavy atom. The summed E-state index contributed by atoms with van der Waals surface area (Å²) in [4.78, 5) is -0.153. The van der Waals surface area contributed by atoms with Crippen LogP contribution < -0.4 is 18.9 Å². The van der Waals surface area contributed by atoms with E-state index in [-0.39, 0.29) is 23.8 Å². The van der Waals surface area contributed by atoms with E-state index >= 15 is 0 Å². The second-order valence-electron chi connectivity index (χ2n) is 1.99. The average Bonchev–Trinajstić information content (AvgIpc) is 1.86. The van der Waals surface area contributed by atoms with Gasteiger partial charge < -0.3 is 12.6 Å². The number of halogens is 3. The minimum atomic E-state index is -4.32. The van der Waals surface area contributed by atoms with Gasteiger partial charge in [0, 0.05) is 5.56 Å². The van der Waals surface area contributed by atoms with Gasteiger partial charge in [0.15, 0.2) is 0 Å². The van der Waals surface area contributed by atoms with Gasteiger partial charge in [0.2, 0.25) is 0 Å². The van der Waals surface area contributed by atoms with Crippen molar-refractivity contribution in [3.63, 3.8) is 0 Å². The fourth-order valence-electron chi connectivity index (χ4n) is 0.701. The summed E-state index contributed by atoms with van der Waals surface area (Å²) in [6, 6.07) is 5.04. The maximum atomic E-state index is 12.0. The first kappa shape index (κ1) is 11.8. The van der Waals surface area contributed by atoms with Crippen LogP contribution in [0.3, 0.4) is 0 Å². The summed E-state index contributed by atoms with van der Waals surface area (Å²) >= 11 is 4.48. The third-order valence-corrected chi connectivity index (χ3v) is 1.55. The zero-order chi connectivity index (χ0) is 8.48. The van der Waals surface area contributed by atoms with Crippen molar-refractivity contribution in [3.05, 3.63) is 29.8 Å². The van der Waals surface area contributed by atoms with E-state index in [1.807, 2.05) is 0 Å². The van der Waals surface area contributed by atoms with Crippen LogP contribution in [-0.2, 0) is 18.8 Å². The molecule has 0 heterocycles. The molecule has 0 nitrogen and oxygen atoms in total. The van der Waals surface area contributed by atoms with Crippen LogP contribution >= 0.6 is 0 Å². The number of benzene rings is 1. The van der Waals surface area contributed by atoms with E-state index in [1.54, 1.807) is 0 Å². The number of rotatable bonds is 0. The third-order valence-electron chi connectivity index (χ3n) is 1.19. The van der Waals surface area contributed by atoms with Crippen molar-refractivity contribution in [2.75, 3.05) is 0 Å². The Hall–Kier alpha value is -0.173. The van der Waals surface area contributed by atoms with E-state index in [9.17, 15) is 13.2 Å². The standard InChI is InChI=1S/C7H5F3S.Li/c8-7(9,10)5-3-1-2-4-6(5)11;/h1-4,11H;/q;+1/p-1. The summed E-state index contributed by atoms with van der Waals surface area (Å²) in [5, 5.41) is 0. The Bertz CT molecular complexity index is 259. The molecule has 0 aromatic heterocycles. The first-order valence-corrected chi connectivity index (χ1v) is 3.26. The fraction of sp³-hybridized carbons (Fsp3) is 0.143. The van der Waals surface area contributed by atoms with Crippen LogP contribution in [-0.4, -0.2) is 0 Å². The van der Waals surface area contributed by atoms with Gasteiger partial charge in [0.25, 0.3) is 0 Å². The smallest absolute Gasteiger partial charge is 0.779 e. The summed E-state index contributed by atoms with van der Waals surface area (Å²) in [6.45, 7) is 0. The van der Waals surface area contributed by atoms with Gasteiger partial charge in [-0.2, -0.15) is 18.1 Å². The molecule has 0 fully saturated rings. The van der Waals surface area contributed by atoms with Crippen molar-refractivity contribution in [2.45, 2.75) is 11.1 Å². The van der Waals surface area contributed by atoms with E-state index in [4.69, 9.17) is 0 Å². The molecule has 60 valence electrons. The predicted molar refractivity (Wildman–Crippen MR) is 37.1 cm³/mol. The van der Waals surface area contributed by atoms with E-state index in [1.165, 1.54) is 18.2 Å². The van der Waals surface area contributed by atoms with Gasteiger partial charge in [0.1, 0.15) is 0 Å². The Morgan fingerprint density at radius 3 is 1.92 bits per heavy atom. The van der Waals surface area contributed by atoms with Crippen molar-refractivity contribution in [2.24, 2.45) is 0 Å². The Balaban J connectivity index is 0.00000121. The van der Waals surface area contributed by atoms with E-state index in [0.717, 1.165) is 6.07 Å². The molecule has 0 aliphatic carbocycles. The second kappa shape index (κ2) is 4.17. The molecule has 0 unspecified atom stereocenters. The fourth-order valence-corrected chi connectivity index (χ4v) is 0.963. The maximum Gasteiger partial charge on any atom is 1.00 e. The molecule has 5 heteroatoms. The van der Waals surface area contributed by atoms with E-state index < -0.39 is 11.7 Å². The van der Waals surface area contributed by atoms with Gasteiger partial charge in [0.05, 0.1) is 0 Å². The van der Waals surface area contributed by atoms with Gasteiger partial charge in [-0.1, -0.05) is 24.3 Å². The van der Waals surface area contributed by atoms with Crippen LogP contribution in [0, 0.1) is 0 Å². The van der Waals surface area contributed by atoms with Gasteiger partial charge in [-0.25, -0.2) is 0 Å². The third kappa shape index (κ3) is 2.70. The SMILES string of the molecule is FC(F)(F)c1ccccc1[S-].[Li+]. The van der Waals surface area contributed by atoms with Crippen LogP contribution in [0.15, 0.2) is 29.2 Å². The van der Waals surface area contributed by atoms with Gasteiger partial charge in [-0.15, -0.1) is 0 Å². The minimum absolute atomic E-state index is 0. The van der Waals surface area contributed by atoms with Crippen molar-refractivity contribution >= 4 is 12.6 Å². The molecule has 0 saturated heterocycles. The number of hydrogen-bond donors (Lipinski definition) is 0. The molecule has 0 spiro atoms. The first-order valence-electron chi connectivity index (χ1n) is 2.85. The number of hydrogen-bond acceptors (Lipinski definition) is 1. The topological polar surface area (TPSA) is 0 Å². The maximum absolute atomic E-state index is 12.0. The van der Waals surface area contributed by atoms with E-state index in [0.29, 0.717) is 0 Å². The molecule has 1 aromatic carbocycles. The van der Waals surface area contributed by atoms with Gasteiger partial charge in [-0.3, -0.25) is 0 Å². The molecule has 0 aliphatic rings. The number of alkyl halides is 3. The summed E-state index contributed by atoms with van der Waals surface area (Å²) in [6.07, 6.45) is -4.32. The molecule has 0 aliphatic heterocycles. The van der Waals surface area contributed by atoms with Crippen LogP contribution in [0.2, 0.25) is 0 Å². The summed E-state index contributed by atoms with van der Waals surface area (Å²) in [5.74, 6) is 0. The van der Waals surface area contributed by atoms with Crippen molar-refractivity contribution in [3.8, 4) is 0 Å². The molecule has 12 heavy (non-hydrogen) atoms. The molecule has 0 atom stereocenters. The average molecular weight is 184 g/mol. The van der Waals surface area contributed by atoms with Gasteiger partial charge >= 0.3 is 25.0 Å². The molecule has 0 radical (unpaired) electrons. The molecular formula is C7H4F3LiS. The summed E-state index contributed by atoms with van der Waals surface area (Å²) in [5.41, 5.74) is -0.741. The van der Waals surface area contributed by atoms with Crippen LogP contribution in [0.5, 0.6) is 0 Å². The summed E-state index contributed by atoms with van der Waals surface area (Å²) < 4.78 is 35.9. The molecule has 0 saturated carbocycles. The molecule has 1 aromatic rings. The Morgan fingerprint density at radius 2 is 1.58 bits per heavy atom. The van der Waals surface area contributed by atoms with Crippen LogP contribution in [0.4, 0.5) is 13.2 Å². The minimum Gasteiger partial charge on any atom is -0.779 e. The van der Waals surface area contributed by atoms with E-state index in [2.05, 4.69) is 12.6 Å². The Kier molecular flexibility index (Phi) is 4.11. The molecule has 1 rings (SSSR count).